The second-order valence-electron chi connectivity index (χ2n) is 11.0. The summed E-state index contributed by atoms with van der Waals surface area (Å²) in [5.74, 6) is -2.07. The van der Waals surface area contributed by atoms with Crippen molar-refractivity contribution in [2.45, 2.75) is 25.3 Å². The maximum absolute atomic E-state index is 15.8. The maximum Gasteiger partial charge on any atom is 0.284 e. The van der Waals surface area contributed by atoms with Gasteiger partial charge in [0.15, 0.2) is 23.1 Å². The molecule has 2 aromatic heterocycles. The van der Waals surface area contributed by atoms with Gasteiger partial charge in [-0.05, 0) is 48.7 Å². The molecule has 48 heavy (non-hydrogen) atoms. The minimum Gasteiger partial charge on any atom is -0.487 e. The van der Waals surface area contributed by atoms with Gasteiger partial charge in [-0.25, -0.2) is 23.4 Å². The Kier molecular flexibility index (Phi) is 9.64. The molecular formula is C34H33F2N5O7. The number of nitrogens with two attached hydrogens (primary N) is 1. The molecule has 1 aliphatic rings. The lowest BCUT2D eigenvalue weighted by Gasteiger charge is -2.27. The number of primary amides is 1. The highest BCUT2D eigenvalue weighted by Gasteiger charge is 2.34. The van der Waals surface area contributed by atoms with Crippen LogP contribution in [0.5, 0.6) is 23.1 Å². The summed E-state index contributed by atoms with van der Waals surface area (Å²) in [6, 6.07) is 13.5. The van der Waals surface area contributed by atoms with Crippen molar-refractivity contribution in [3.63, 3.8) is 0 Å². The summed E-state index contributed by atoms with van der Waals surface area (Å²) in [5, 5.41) is 0.448. The van der Waals surface area contributed by atoms with Crippen molar-refractivity contribution in [3.05, 3.63) is 99.7 Å². The third kappa shape index (κ3) is 6.31. The molecule has 0 saturated heterocycles. The molecule has 2 N–H and O–H groups in total. The van der Waals surface area contributed by atoms with E-state index >= 15 is 4.39 Å². The SMILES string of the molecule is COCCOc1cc2ncnc(Oc3ccc(C4CCCn5c4c(C(N)=O)c(=O)n5-c4ccccc4F)cc3F)c2cc1OCCOC. The third-order valence-electron chi connectivity index (χ3n) is 8.02. The summed E-state index contributed by atoms with van der Waals surface area (Å²) in [6.07, 6.45) is 2.37. The molecule has 1 atom stereocenters. The number of aromatic nitrogens is 4. The van der Waals surface area contributed by atoms with Crippen LogP contribution in [0, 0.1) is 11.6 Å². The zero-order valence-corrected chi connectivity index (χ0v) is 26.3. The van der Waals surface area contributed by atoms with Crippen molar-refractivity contribution >= 4 is 16.8 Å². The number of rotatable bonds is 13. The first-order chi connectivity index (χ1) is 23.3. The first-order valence-electron chi connectivity index (χ1n) is 15.2. The van der Waals surface area contributed by atoms with E-state index in [1.165, 1.54) is 36.7 Å². The summed E-state index contributed by atoms with van der Waals surface area (Å²) < 4.78 is 61.2. The Morgan fingerprint density at radius 2 is 1.65 bits per heavy atom. The normalized spacial score (nSPS) is 14.1. The van der Waals surface area contributed by atoms with Crippen LogP contribution in [0.15, 0.2) is 65.7 Å². The molecule has 5 aromatic rings. The highest BCUT2D eigenvalue weighted by atomic mass is 19.1. The molecule has 1 aliphatic heterocycles. The van der Waals surface area contributed by atoms with Gasteiger partial charge in [0, 0.05) is 32.7 Å². The van der Waals surface area contributed by atoms with Crippen LogP contribution in [0.2, 0.25) is 0 Å². The van der Waals surface area contributed by atoms with E-state index in [1.54, 1.807) is 43.2 Å². The molecule has 12 nitrogen and oxygen atoms in total. The molecule has 0 saturated carbocycles. The smallest absolute Gasteiger partial charge is 0.284 e. The lowest BCUT2D eigenvalue weighted by molar-refractivity contribution is 0.0997. The van der Waals surface area contributed by atoms with Gasteiger partial charge >= 0.3 is 0 Å². The number of halogens is 2. The van der Waals surface area contributed by atoms with E-state index in [0.29, 0.717) is 66.3 Å². The minimum atomic E-state index is -0.945. The topological polar surface area (TPSA) is 142 Å². The van der Waals surface area contributed by atoms with E-state index in [2.05, 4.69) is 9.97 Å². The van der Waals surface area contributed by atoms with E-state index in [-0.39, 0.29) is 36.1 Å². The summed E-state index contributed by atoms with van der Waals surface area (Å²) in [5.41, 5.74) is 5.95. The van der Waals surface area contributed by atoms with Crippen LogP contribution >= 0.6 is 0 Å². The van der Waals surface area contributed by atoms with Crippen molar-refractivity contribution in [1.82, 2.24) is 19.3 Å². The number of hydrogen-bond acceptors (Lipinski definition) is 9. The molecule has 0 bridgehead atoms. The molecule has 6 rings (SSSR count). The van der Waals surface area contributed by atoms with Gasteiger partial charge in [0.05, 0.1) is 29.8 Å². The Balaban J connectivity index is 1.35. The maximum atomic E-state index is 15.8. The lowest BCUT2D eigenvalue weighted by Crippen LogP contribution is -2.26. The molecule has 0 aliphatic carbocycles. The van der Waals surface area contributed by atoms with E-state index in [9.17, 15) is 14.0 Å². The predicted molar refractivity (Wildman–Crippen MR) is 170 cm³/mol. The predicted octanol–water partition coefficient (Wildman–Crippen LogP) is 4.73. The van der Waals surface area contributed by atoms with Crippen molar-refractivity contribution in [1.29, 1.82) is 0 Å². The number of fused-ring (bicyclic) bond motifs is 2. The molecule has 1 unspecified atom stereocenters. The second kappa shape index (κ2) is 14.2. The molecule has 14 heteroatoms. The summed E-state index contributed by atoms with van der Waals surface area (Å²) >= 11 is 0. The van der Waals surface area contributed by atoms with Crippen LogP contribution in [-0.2, 0) is 16.0 Å². The Morgan fingerprint density at radius 3 is 2.33 bits per heavy atom. The van der Waals surface area contributed by atoms with Crippen molar-refractivity contribution in [2.24, 2.45) is 5.73 Å². The first-order valence-corrected chi connectivity index (χ1v) is 15.2. The number of carbonyl (C=O) groups excluding carboxylic acids is 1. The highest BCUT2D eigenvalue weighted by Crippen LogP contribution is 2.39. The molecule has 3 aromatic carbocycles. The van der Waals surface area contributed by atoms with Gasteiger partial charge in [-0.3, -0.25) is 14.3 Å². The van der Waals surface area contributed by atoms with Crippen LogP contribution in [-0.4, -0.2) is 65.9 Å². The number of hydrogen-bond donors (Lipinski definition) is 1. The van der Waals surface area contributed by atoms with Gasteiger partial charge in [0.25, 0.3) is 11.5 Å². The van der Waals surface area contributed by atoms with Crippen LogP contribution in [0.4, 0.5) is 8.78 Å². The van der Waals surface area contributed by atoms with Crippen molar-refractivity contribution in [3.8, 4) is 28.8 Å². The van der Waals surface area contributed by atoms with Crippen LogP contribution in [0.1, 0.15) is 40.4 Å². The molecule has 1 amide bonds. The number of methoxy groups -OCH3 is 2. The van der Waals surface area contributed by atoms with E-state index in [1.807, 2.05) is 0 Å². The molecular weight excluding hydrogens is 628 g/mol. The van der Waals surface area contributed by atoms with Gasteiger partial charge in [-0.1, -0.05) is 18.2 Å². The van der Waals surface area contributed by atoms with E-state index in [0.717, 1.165) is 4.68 Å². The lowest BCUT2D eigenvalue weighted by atomic mass is 9.86. The summed E-state index contributed by atoms with van der Waals surface area (Å²) in [4.78, 5) is 34.6. The molecule has 0 radical (unpaired) electrons. The Hall–Kier alpha value is -5.34. The fourth-order valence-electron chi connectivity index (χ4n) is 5.88. The summed E-state index contributed by atoms with van der Waals surface area (Å²) in [7, 11) is 3.13. The molecule has 250 valence electrons. The average molecular weight is 662 g/mol. The fourth-order valence-corrected chi connectivity index (χ4v) is 5.88. The highest BCUT2D eigenvalue weighted by molar-refractivity contribution is 5.94. The third-order valence-corrected chi connectivity index (χ3v) is 8.02. The molecule has 0 fully saturated rings. The van der Waals surface area contributed by atoms with Gasteiger partial charge in [0.2, 0.25) is 5.88 Å². The zero-order chi connectivity index (χ0) is 33.8. The Labute approximate surface area is 273 Å². The van der Waals surface area contributed by atoms with Crippen molar-refractivity contribution in [2.75, 3.05) is 40.6 Å². The van der Waals surface area contributed by atoms with Crippen LogP contribution in [0.3, 0.4) is 0 Å². The minimum absolute atomic E-state index is 0.00943. The second-order valence-corrected chi connectivity index (χ2v) is 11.0. The zero-order valence-electron chi connectivity index (χ0n) is 26.3. The number of carbonyl (C=O) groups is 1. The fraction of sp³-hybridized carbons (Fsp3) is 0.294. The molecule has 3 heterocycles. The first kappa shape index (κ1) is 32.6. The monoisotopic (exact) mass is 661 g/mol. The van der Waals surface area contributed by atoms with Crippen LogP contribution < -0.4 is 25.5 Å². The van der Waals surface area contributed by atoms with Crippen molar-refractivity contribution < 1.29 is 37.3 Å². The Morgan fingerprint density at radius 1 is 0.917 bits per heavy atom. The van der Waals surface area contributed by atoms with E-state index < -0.39 is 29.0 Å². The number of ether oxygens (including phenoxy) is 5. The standard InChI is InChI=1S/C34H33F2N5O7/c1-44-12-14-46-28-17-22-25(18-29(28)47-15-13-45-2)38-19-39-33(22)48-27-10-9-20(16-24(27)36)21-6-5-11-40-31(21)30(32(37)42)34(43)41(40)26-8-4-3-7-23(26)35/h3-4,7-10,16-19,21H,5-6,11-15H2,1-2H3,(H2,37,42). The average Bonchev–Trinajstić information content (AvgIpc) is 3.38. The van der Waals surface area contributed by atoms with E-state index in [4.69, 9.17) is 29.4 Å². The largest absolute Gasteiger partial charge is 0.487 e. The summed E-state index contributed by atoms with van der Waals surface area (Å²) in [6.45, 7) is 1.57. The quantitative estimate of drug-likeness (QED) is 0.177. The number of benzene rings is 3. The number of nitrogens with zero attached hydrogens (tertiary/aromatic N) is 4. The number of amides is 1. The van der Waals surface area contributed by atoms with Gasteiger partial charge in [-0.2, -0.15) is 0 Å². The number of para-hydroxylation sites is 1. The molecule has 0 spiro atoms. The Bertz CT molecular complexity index is 2030. The van der Waals surface area contributed by atoms with Gasteiger partial charge in [0.1, 0.15) is 36.6 Å². The van der Waals surface area contributed by atoms with Crippen LogP contribution in [0.25, 0.3) is 16.6 Å². The van der Waals surface area contributed by atoms with Gasteiger partial charge in [-0.15, -0.1) is 0 Å². The van der Waals surface area contributed by atoms with Gasteiger partial charge < -0.3 is 29.4 Å².